The van der Waals surface area contributed by atoms with Gasteiger partial charge in [-0.3, -0.25) is 20.1 Å². The Kier molecular flexibility index (Phi) is 9.19. The minimum absolute atomic E-state index is 0.00350. The van der Waals surface area contributed by atoms with E-state index in [9.17, 15) is 19.5 Å². The zero-order valence-electron chi connectivity index (χ0n) is 19.7. The molecule has 0 bridgehead atoms. The summed E-state index contributed by atoms with van der Waals surface area (Å²) in [6, 6.07) is 20.0. The van der Waals surface area contributed by atoms with Crippen molar-refractivity contribution in [2.24, 2.45) is 0 Å². The second-order valence-electron chi connectivity index (χ2n) is 7.82. The van der Waals surface area contributed by atoms with E-state index in [-0.39, 0.29) is 18.8 Å². The van der Waals surface area contributed by atoms with Crippen LogP contribution in [0.15, 0.2) is 78.9 Å². The number of imide groups is 1. The van der Waals surface area contributed by atoms with Gasteiger partial charge in [-0.05, 0) is 47.4 Å². The number of nitrogens with one attached hydrogen (secondary N) is 2. The molecule has 186 valence electrons. The van der Waals surface area contributed by atoms with Crippen molar-refractivity contribution in [3.05, 3.63) is 101 Å². The topological polar surface area (TPSA) is 128 Å². The molecule has 3 rings (SSSR count). The van der Waals surface area contributed by atoms with Crippen molar-refractivity contribution < 1.29 is 29.4 Å². The van der Waals surface area contributed by atoms with E-state index in [0.717, 1.165) is 11.1 Å². The highest BCUT2D eigenvalue weighted by atomic mass is 16.5. The van der Waals surface area contributed by atoms with Crippen LogP contribution in [0.4, 0.5) is 4.79 Å². The third kappa shape index (κ3) is 7.18. The first kappa shape index (κ1) is 26.0. The van der Waals surface area contributed by atoms with E-state index in [2.05, 4.69) is 5.32 Å². The van der Waals surface area contributed by atoms with Crippen LogP contribution in [0.25, 0.3) is 6.08 Å². The van der Waals surface area contributed by atoms with Gasteiger partial charge in [0.25, 0.3) is 11.8 Å². The summed E-state index contributed by atoms with van der Waals surface area (Å²) < 4.78 is 5.30. The van der Waals surface area contributed by atoms with Crippen molar-refractivity contribution in [3.63, 3.8) is 0 Å². The van der Waals surface area contributed by atoms with Crippen molar-refractivity contribution in [1.29, 1.82) is 0 Å². The molecule has 0 aliphatic carbocycles. The fourth-order valence-electron chi connectivity index (χ4n) is 3.51. The lowest BCUT2D eigenvalue weighted by Gasteiger charge is -2.23. The maximum absolute atomic E-state index is 13.1. The summed E-state index contributed by atoms with van der Waals surface area (Å²) >= 11 is 0. The molecule has 9 nitrogen and oxygen atoms in total. The van der Waals surface area contributed by atoms with E-state index in [1.165, 1.54) is 35.7 Å². The van der Waals surface area contributed by atoms with Gasteiger partial charge in [0.05, 0.1) is 7.11 Å². The summed E-state index contributed by atoms with van der Waals surface area (Å²) in [6.45, 7) is 0.447. The standard InChI is InChI=1S/C27H27N3O6/c1-36-25-21(8-5-9-23(25)31)16-17-30(27(34)28-26(33)22-6-3-2-4-7-22)18-20-12-10-19(11-13-20)14-15-24(32)29-35/h2-15,31,35H,16-18H2,1H3,(H,29,32)(H,28,33,34)/b15-14+. The minimum atomic E-state index is -0.646. The molecular weight excluding hydrogens is 462 g/mol. The Bertz CT molecular complexity index is 1230. The van der Waals surface area contributed by atoms with E-state index in [1.807, 2.05) is 0 Å². The second kappa shape index (κ2) is 12.7. The summed E-state index contributed by atoms with van der Waals surface area (Å²) in [5.74, 6) is -0.819. The molecule has 0 saturated heterocycles. The number of nitrogens with zero attached hydrogens (tertiary/aromatic N) is 1. The quantitative estimate of drug-likeness (QED) is 0.207. The predicted molar refractivity (Wildman–Crippen MR) is 133 cm³/mol. The first-order valence-electron chi connectivity index (χ1n) is 11.1. The van der Waals surface area contributed by atoms with Gasteiger partial charge in [0, 0.05) is 24.7 Å². The van der Waals surface area contributed by atoms with Crippen LogP contribution in [-0.4, -0.2) is 46.7 Å². The normalized spacial score (nSPS) is 10.6. The molecule has 3 aromatic carbocycles. The number of rotatable bonds is 9. The third-order valence-corrected chi connectivity index (χ3v) is 5.37. The second-order valence-corrected chi connectivity index (χ2v) is 7.82. The van der Waals surface area contributed by atoms with E-state index in [4.69, 9.17) is 9.94 Å². The van der Waals surface area contributed by atoms with Crippen molar-refractivity contribution in [1.82, 2.24) is 15.7 Å². The molecule has 0 radical (unpaired) electrons. The highest BCUT2D eigenvalue weighted by Gasteiger charge is 2.19. The molecule has 36 heavy (non-hydrogen) atoms. The maximum atomic E-state index is 13.1. The third-order valence-electron chi connectivity index (χ3n) is 5.37. The van der Waals surface area contributed by atoms with Gasteiger partial charge in [0.15, 0.2) is 11.5 Å². The number of urea groups is 1. The average Bonchev–Trinajstić information content (AvgIpc) is 2.90. The Hall–Kier alpha value is -4.63. The first-order chi connectivity index (χ1) is 17.4. The van der Waals surface area contributed by atoms with Crippen molar-refractivity contribution in [3.8, 4) is 11.5 Å². The van der Waals surface area contributed by atoms with Crippen molar-refractivity contribution >= 4 is 23.9 Å². The van der Waals surface area contributed by atoms with Gasteiger partial charge in [-0.1, -0.05) is 54.6 Å². The van der Waals surface area contributed by atoms with Crippen LogP contribution in [0.5, 0.6) is 11.5 Å². The van der Waals surface area contributed by atoms with Crippen LogP contribution in [0, 0.1) is 0 Å². The Morgan fingerprint density at radius 2 is 1.69 bits per heavy atom. The molecule has 0 unspecified atom stereocenters. The number of aromatic hydroxyl groups is 1. The van der Waals surface area contributed by atoms with E-state index in [0.29, 0.717) is 23.3 Å². The SMILES string of the molecule is COc1c(O)cccc1CCN(Cc1ccc(/C=C/C(=O)NO)cc1)C(=O)NC(=O)c1ccccc1. The molecule has 0 spiro atoms. The molecule has 4 N–H and O–H groups in total. The van der Waals surface area contributed by atoms with Gasteiger partial charge in [-0.15, -0.1) is 0 Å². The van der Waals surface area contributed by atoms with Crippen LogP contribution < -0.4 is 15.5 Å². The average molecular weight is 490 g/mol. The fraction of sp³-hybridized carbons (Fsp3) is 0.148. The Morgan fingerprint density at radius 3 is 2.36 bits per heavy atom. The Balaban J connectivity index is 1.77. The lowest BCUT2D eigenvalue weighted by Crippen LogP contribution is -2.43. The van der Waals surface area contributed by atoms with Crippen molar-refractivity contribution in [2.75, 3.05) is 13.7 Å². The molecule has 4 amide bonds. The number of hydroxylamine groups is 1. The molecule has 9 heteroatoms. The van der Waals surface area contributed by atoms with Crippen LogP contribution in [-0.2, 0) is 17.8 Å². The monoisotopic (exact) mass is 489 g/mol. The van der Waals surface area contributed by atoms with Crippen LogP contribution >= 0.6 is 0 Å². The minimum Gasteiger partial charge on any atom is -0.504 e. The largest absolute Gasteiger partial charge is 0.504 e. The van der Waals surface area contributed by atoms with Gasteiger partial charge in [0.2, 0.25) is 0 Å². The highest BCUT2D eigenvalue weighted by molar-refractivity contribution is 6.04. The number of hydrogen-bond acceptors (Lipinski definition) is 6. The number of benzene rings is 3. The van der Waals surface area contributed by atoms with Gasteiger partial charge < -0.3 is 14.7 Å². The molecule has 0 aliphatic rings. The number of phenolic OH excluding ortho intramolecular Hbond substituents is 1. The molecule has 0 saturated carbocycles. The molecule has 0 heterocycles. The fourth-order valence-corrected chi connectivity index (χ4v) is 3.51. The number of amides is 4. The van der Waals surface area contributed by atoms with E-state index >= 15 is 0 Å². The summed E-state index contributed by atoms with van der Waals surface area (Å²) in [5.41, 5.74) is 4.12. The van der Waals surface area contributed by atoms with E-state index < -0.39 is 17.8 Å². The molecular formula is C27H27N3O6. The number of methoxy groups -OCH3 is 1. The number of hydrogen-bond donors (Lipinski definition) is 4. The molecule has 3 aromatic rings. The lowest BCUT2D eigenvalue weighted by molar-refractivity contribution is -0.124. The number of para-hydroxylation sites is 1. The highest BCUT2D eigenvalue weighted by Crippen LogP contribution is 2.30. The number of ether oxygens (including phenoxy) is 1. The van der Waals surface area contributed by atoms with E-state index in [1.54, 1.807) is 66.7 Å². The molecule has 0 aliphatic heterocycles. The molecule has 0 atom stereocenters. The Labute approximate surface area is 208 Å². The Morgan fingerprint density at radius 1 is 0.972 bits per heavy atom. The zero-order valence-corrected chi connectivity index (χ0v) is 19.7. The van der Waals surface area contributed by atoms with Crippen LogP contribution in [0.2, 0.25) is 0 Å². The number of carbonyl (C=O) groups is 3. The smallest absolute Gasteiger partial charge is 0.324 e. The lowest BCUT2D eigenvalue weighted by atomic mass is 10.1. The number of phenols is 1. The van der Waals surface area contributed by atoms with Crippen LogP contribution in [0.3, 0.4) is 0 Å². The van der Waals surface area contributed by atoms with Gasteiger partial charge in [-0.25, -0.2) is 10.3 Å². The molecule has 0 aromatic heterocycles. The summed E-state index contributed by atoms with van der Waals surface area (Å²) in [6.07, 6.45) is 3.10. The van der Waals surface area contributed by atoms with Crippen molar-refractivity contribution in [2.45, 2.75) is 13.0 Å². The van der Waals surface area contributed by atoms with Crippen LogP contribution in [0.1, 0.15) is 27.0 Å². The summed E-state index contributed by atoms with van der Waals surface area (Å²) in [5, 5.41) is 21.1. The first-order valence-corrected chi connectivity index (χ1v) is 11.1. The van der Waals surface area contributed by atoms with Gasteiger partial charge in [-0.2, -0.15) is 0 Å². The maximum Gasteiger partial charge on any atom is 0.324 e. The summed E-state index contributed by atoms with van der Waals surface area (Å²) in [7, 11) is 1.46. The zero-order chi connectivity index (χ0) is 25.9. The number of carbonyl (C=O) groups excluding carboxylic acids is 3. The van der Waals surface area contributed by atoms with Gasteiger partial charge in [0.1, 0.15) is 0 Å². The summed E-state index contributed by atoms with van der Waals surface area (Å²) in [4.78, 5) is 38.3. The molecule has 0 fully saturated rings. The van der Waals surface area contributed by atoms with Gasteiger partial charge >= 0.3 is 6.03 Å². The predicted octanol–water partition coefficient (Wildman–Crippen LogP) is 3.51.